The van der Waals surface area contributed by atoms with Gasteiger partial charge in [-0.05, 0) is 50.3 Å². The van der Waals surface area contributed by atoms with Crippen LogP contribution in [0.4, 0.5) is 0 Å². The molecule has 1 saturated carbocycles. The molecule has 1 aromatic carbocycles. The van der Waals surface area contributed by atoms with Crippen LogP contribution in [-0.2, 0) is 19.7 Å². The Balaban J connectivity index is 2.51. The Hall–Kier alpha value is -2.35. The zero-order chi connectivity index (χ0) is 18.3. The molecule has 0 heterocycles. The lowest BCUT2D eigenvalue weighted by atomic mass is 9.65. The standard InChI is InChI=1S/C20H25NO4/c1-3-24-18(22)15-9-8-12-17(13-15)20(14-21,19(23)25-4-2)16-10-6-5-7-11-16/h8-9,12-13,16H,3-7,10-11H2,1-2H3. The van der Waals surface area contributed by atoms with Crippen molar-refractivity contribution in [1.29, 1.82) is 5.26 Å². The van der Waals surface area contributed by atoms with Crippen LogP contribution in [-0.4, -0.2) is 25.2 Å². The van der Waals surface area contributed by atoms with Gasteiger partial charge in [0.2, 0.25) is 0 Å². The van der Waals surface area contributed by atoms with E-state index in [2.05, 4.69) is 6.07 Å². The molecule has 5 heteroatoms. The summed E-state index contributed by atoms with van der Waals surface area (Å²) in [4.78, 5) is 24.9. The molecule has 1 aromatic rings. The molecule has 1 unspecified atom stereocenters. The SMILES string of the molecule is CCOC(=O)c1cccc(C(C#N)(C(=O)OCC)C2CCCCC2)c1. The zero-order valence-electron chi connectivity index (χ0n) is 14.9. The van der Waals surface area contributed by atoms with Crippen LogP contribution in [0.25, 0.3) is 0 Å². The summed E-state index contributed by atoms with van der Waals surface area (Å²) >= 11 is 0. The van der Waals surface area contributed by atoms with E-state index in [1.165, 1.54) is 0 Å². The van der Waals surface area contributed by atoms with E-state index in [0.29, 0.717) is 11.1 Å². The average Bonchev–Trinajstić information content (AvgIpc) is 2.64. The molecule has 0 N–H and O–H groups in total. The highest BCUT2D eigenvalue weighted by Gasteiger charge is 2.49. The lowest BCUT2D eigenvalue weighted by molar-refractivity contribution is -0.150. The number of carbonyl (C=O) groups is 2. The minimum Gasteiger partial charge on any atom is -0.465 e. The monoisotopic (exact) mass is 343 g/mol. The van der Waals surface area contributed by atoms with Crippen LogP contribution in [0.5, 0.6) is 0 Å². The summed E-state index contributed by atoms with van der Waals surface area (Å²) in [7, 11) is 0. The van der Waals surface area contributed by atoms with E-state index in [1.54, 1.807) is 38.1 Å². The van der Waals surface area contributed by atoms with Crippen LogP contribution < -0.4 is 0 Å². The van der Waals surface area contributed by atoms with Crippen molar-refractivity contribution in [2.24, 2.45) is 5.92 Å². The number of nitrogens with zero attached hydrogens (tertiary/aromatic N) is 1. The number of nitriles is 1. The van der Waals surface area contributed by atoms with Crippen molar-refractivity contribution in [3.05, 3.63) is 35.4 Å². The van der Waals surface area contributed by atoms with Gasteiger partial charge in [0.25, 0.3) is 0 Å². The normalized spacial score (nSPS) is 17.2. The fourth-order valence-corrected chi connectivity index (χ4v) is 3.61. The average molecular weight is 343 g/mol. The number of ether oxygens (including phenoxy) is 2. The van der Waals surface area contributed by atoms with Crippen molar-refractivity contribution in [3.63, 3.8) is 0 Å². The van der Waals surface area contributed by atoms with E-state index < -0.39 is 17.4 Å². The maximum absolute atomic E-state index is 12.8. The number of hydrogen-bond acceptors (Lipinski definition) is 5. The Bertz CT molecular complexity index is 658. The van der Waals surface area contributed by atoms with Crippen molar-refractivity contribution < 1.29 is 19.1 Å². The first-order chi connectivity index (χ1) is 12.1. The van der Waals surface area contributed by atoms with Crippen LogP contribution >= 0.6 is 0 Å². The maximum Gasteiger partial charge on any atom is 0.338 e. The molecule has 2 rings (SSSR count). The molecule has 0 spiro atoms. The van der Waals surface area contributed by atoms with Crippen LogP contribution in [0, 0.1) is 17.2 Å². The van der Waals surface area contributed by atoms with Crippen LogP contribution in [0.3, 0.4) is 0 Å². The molecular weight excluding hydrogens is 318 g/mol. The van der Waals surface area contributed by atoms with Gasteiger partial charge in [0, 0.05) is 0 Å². The van der Waals surface area contributed by atoms with Gasteiger partial charge in [0.15, 0.2) is 5.41 Å². The van der Waals surface area contributed by atoms with Gasteiger partial charge in [-0.2, -0.15) is 5.26 Å². The molecule has 0 bridgehead atoms. The third kappa shape index (κ3) is 3.84. The van der Waals surface area contributed by atoms with Crippen molar-refractivity contribution in [1.82, 2.24) is 0 Å². The summed E-state index contributed by atoms with van der Waals surface area (Å²) in [5, 5.41) is 10.0. The predicted octanol–water partition coefficient (Wildman–Crippen LogP) is 3.77. The van der Waals surface area contributed by atoms with E-state index in [0.717, 1.165) is 32.1 Å². The summed E-state index contributed by atoms with van der Waals surface area (Å²) < 4.78 is 10.3. The van der Waals surface area contributed by atoms with E-state index in [1.807, 2.05) is 0 Å². The number of esters is 2. The van der Waals surface area contributed by atoms with E-state index in [9.17, 15) is 14.9 Å². The first kappa shape index (κ1) is 19.0. The van der Waals surface area contributed by atoms with Crippen molar-refractivity contribution in [3.8, 4) is 6.07 Å². The van der Waals surface area contributed by atoms with Crippen molar-refractivity contribution in [2.45, 2.75) is 51.4 Å². The number of benzene rings is 1. The number of hydrogen-bond donors (Lipinski definition) is 0. The third-order valence-corrected chi connectivity index (χ3v) is 4.82. The fourth-order valence-electron chi connectivity index (χ4n) is 3.61. The van der Waals surface area contributed by atoms with Gasteiger partial charge in [-0.15, -0.1) is 0 Å². The quantitative estimate of drug-likeness (QED) is 0.735. The molecule has 1 atom stereocenters. The Kier molecular flexibility index (Phi) is 6.58. The van der Waals surface area contributed by atoms with Gasteiger partial charge in [-0.3, -0.25) is 0 Å². The van der Waals surface area contributed by atoms with Crippen LogP contribution in [0.1, 0.15) is 61.9 Å². The highest BCUT2D eigenvalue weighted by molar-refractivity contribution is 5.92. The first-order valence-corrected chi connectivity index (χ1v) is 8.96. The summed E-state index contributed by atoms with van der Waals surface area (Å²) in [5.41, 5.74) is -0.510. The van der Waals surface area contributed by atoms with Gasteiger partial charge in [0.1, 0.15) is 0 Å². The maximum atomic E-state index is 12.8. The molecule has 0 aliphatic heterocycles. The lowest BCUT2D eigenvalue weighted by Gasteiger charge is -2.35. The Labute approximate surface area is 148 Å². The fraction of sp³-hybridized carbons (Fsp3) is 0.550. The molecule has 0 saturated heterocycles. The topological polar surface area (TPSA) is 76.4 Å². The number of rotatable bonds is 6. The van der Waals surface area contributed by atoms with Gasteiger partial charge in [0.05, 0.1) is 24.8 Å². The highest BCUT2D eigenvalue weighted by Crippen LogP contribution is 2.42. The van der Waals surface area contributed by atoms with Gasteiger partial charge < -0.3 is 9.47 Å². The zero-order valence-corrected chi connectivity index (χ0v) is 14.9. The van der Waals surface area contributed by atoms with Crippen molar-refractivity contribution in [2.75, 3.05) is 13.2 Å². The lowest BCUT2D eigenvalue weighted by Crippen LogP contribution is -2.44. The van der Waals surface area contributed by atoms with E-state index in [-0.39, 0.29) is 19.1 Å². The van der Waals surface area contributed by atoms with E-state index >= 15 is 0 Å². The van der Waals surface area contributed by atoms with Gasteiger partial charge in [-0.1, -0.05) is 31.4 Å². The summed E-state index contributed by atoms with van der Waals surface area (Å²) in [6, 6.07) is 8.92. The predicted molar refractivity (Wildman–Crippen MR) is 92.9 cm³/mol. The molecule has 0 aromatic heterocycles. The Morgan fingerprint density at radius 2 is 1.84 bits per heavy atom. The second-order valence-corrected chi connectivity index (χ2v) is 6.28. The highest BCUT2D eigenvalue weighted by atomic mass is 16.5. The third-order valence-electron chi connectivity index (χ3n) is 4.82. The molecule has 1 fully saturated rings. The summed E-state index contributed by atoms with van der Waals surface area (Å²) in [5.74, 6) is -1.09. The van der Waals surface area contributed by atoms with E-state index in [4.69, 9.17) is 9.47 Å². The first-order valence-electron chi connectivity index (χ1n) is 8.96. The van der Waals surface area contributed by atoms with Crippen molar-refractivity contribution >= 4 is 11.9 Å². The smallest absolute Gasteiger partial charge is 0.338 e. The second-order valence-electron chi connectivity index (χ2n) is 6.28. The molecule has 1 aliphatic carbocycles. The van der Waals surface area contributed by atoms with Gasteiger partial charge >= 0.3 is 11.9 Å². The largest absolute Gasteiger partial charge is 0.465 e. The molecule has 134 valence electrons. The van der Waals surface area contributed by atoms with Crippen LogP contribution in [0.15, 0.2) is 24.3 Å². The Morgan fingerprint density at radius 1 is 1.16 bits per heavy atom. The Morgan fingerprint density at radius 3 is 2.44 bits per heavy atom. The molecule has 1 aliphatic rings. The van der Waals surface area contributed by atoms with Crippen LogP contribution in [0.2, 0.25) is 0 Å². The van der Waals surface area contributed by atoms with Gasteiger partial charge in [-0.25, -0.2) is 9.59 Å². The molecular formula is C20H25NO4. The summed E-state index contributed by atoms with van der Waals surface area (Å²) in [6.45, 7) is 3.96. The molecule has 25 heavy (non-hydrogen) atoms. The summed E-state index contributed by atoms with van der Waals surface area (Å²) in [6.07, 6.45) is 4.70. The molecule has 0 amide bonds. The molecule has 0 radical (unpaired) electrons. The minimum atomic E-state index is -1.38. The minimum absolute atomic E-state index is 0.109. The second kappa shape index (κ2) is 8.66. The number of carbonyl (C=O) groups excluding carboxylic acids is 2. The molecule has 5 nitrogen and oxygen atoms in total.